The molecule has 0 aliphatic carbocycles. The fourth-order valence-electron chi connectivity index (χ4n) is 2.99. The molecule has 8 nitrogen and oxygen atoms in total. The number of carbonyl (C=O) groups is 4. The highest BCUT2D eigenvalue weighted by atomic mass is 16.5. The van der Waals surface area contributed by atoms with Crippen LogP contribution in [0.25, 0.3) is 0 Å². The molecule has 3 amide bonds. The van der Waals surface area contributed by atoms with Gasteiger partial charge in [0.2, 0.25) is 0 Å². The van der Waals surface area contributed by atoms with Crippen molar-refractivity contribution in [1.29, 1.82) is 0 Å². The topological polar surface area (TPSA) is 102 Å². The Bertz CT molecular complexity index is 941. The van der Waals surface area contributed by atoms with Crippen LogP contribution in [0.1, 0.15) is 22.8 Å². The van der Waals surface area contributed by atoms with Crippen LogP contribution in [0.2, 0.25) is 0 Å². The van der Waals surface area contributed by atoms with Gasteiger partial charge in [-0.05, 0) is 36.8 Å². The maximum atomic E-state index is 12.7. The van der Waals surface area contributed by atoms with Gasteiger partial charge in [0.1, 0.15) is 17.8 Å². The molecule has 150 valence electrons. The minimum atomic E-state index is -1.27. The summed E-state index contributed by atoms with van der Waals surface area (Å²) in [6, 6.07) is 14.4. The number of hydrogen-bond donors (Lipinski definition) is 1. The second-order valence-corrected chi connectivity index (χ2v) is 6.62. The summed E-state index contributed by atoms with van der Waals surface area (Å²) >= 11 is 0. The van der Waals surface area contributed by atoms with E-state index >= 15 is 0 Å². The molecule has 1 aliphatic heterocycles. The molecule has 0 saturated carbocycles. The Morgan fingerprint density at radius 2 is 1.69 bits per heavy atom. The van der Waals surface area contributed by atoms with Gasteiger partial charge < -0.3 is 14.8 Å². The molecular weight excluding hydrogens is 376 g/mol. The number of methoxy groups -OCH3 is 1. The molecular formula is C21H20N2O6. The molecule has 3 rings (SSSR count). The third kappa shape index (κ3) is 4.11. The summed E-state index contributed by atoms with van der Waals surface area (Å²) in [7, 11) is 1.51. The Balaban J connectivity index is 1.59. The van der Waals surface area contributed by atoms with Crippen molar-refractivity contribution in [3.8, 4) is 5.75 Å². The zero-order valence-corrected chi connectivity index (χ0v) is 16.0. The zero-order chi connectivity index (χ0) is 21.0. The average molecular weight is 396 g/mol. The lowest BCUT2D eigenvalue weighted by molar-refractivity contribution is -0.146. The van der Waals surface area contributed by atoms with Crippen LogP contribution in [0.3, 0.4) is 0 Å². The summed E-state index contributed by atoms with van der Waals surface area (Å²) in [4.78, 5) is 50.0. The number of urea groups is 1. The molecule has 0 radical (unpaired) electrons. The molecule has 0 bridgehead atoms. The maximum Gasteiger partial charge on any atom is 0.326 e. The summed E-state index contributed by atoms with van der Waals surface area (Å²) in [5.41, 5.74) is -0.313. The minimum Gasteiger partial charge on any atom is -0.497 e. The van der Waals surface area contributed by atoms with Crippen molar-refractivity contribution < 1.29 is 28.7 Å². The lowest BCUT2D eigenvalue weighted by Crippen LogP contribution is -2.41. The summed E-state index contributed by atoms with van der Waals surface area (Å²) in [5.74, 6) is -1.23. The maximum absolute atomic E-state index is 12.7. The van der Waals surface area contributed by atoms with Crippen molar-refractivity contribution in [3.63, 3.8) is 0 Å². The summed E-state index contributed by atoms with van der Waals surface area (Å²) in [5, 5.41) is 2.60. The van der Waals surface area contributed by atoms with E-state index in [0.29, 0.717) is 16.9 Å². The number of benzene rings is 2. The molecule has 1 aliphatic rings. The van der Waals surface area contributed by atoms with Gasteiger partial charge in [-0.2, -0.15) is 0 Å². The van der Waals surface area contributed by atoms with Gasteiger partial charge in [0.05, 0.1) is 7.11 Å². The predicted octanol–water partition coefficient (Wildman–Crippen LogP) is 1.89. The van der Waals surface area contributed by atoms with Gasteiger partial charge in [0, 0.05) is 5.56 Å². The van der Waals surface area contributed by atoms with E-state index in [1.807, 2.05) is 0 Å². The molecule has 8 heteroatoms. The quantitative estimate of drug-likeness (QED) is 0.436. The van der Waals surface area contributed by atoms with E-state index in [0.717, 1.165) is 4.90 Å². The SMILES string of the molecule is COc1ccc(C(=O)COC(=O)CN2C(=O)N[C@](C)(c3ccccc3)C2=O)cc1. The highest BCUT2D eigenvalue weighted by Crippen LogP contribution is 2.28. The van der Waals surface area contributed by atoms with E-state index in [1.165, 1.54) is 7.11 Å². The Morgan fingerprint density at radius 3 is 2.31 bits per heavy atom. The standard InChI is InChI=1S/C21H20N2O6/c1-21(15-6-4-3-5-7-15)19(26)23(20(27)22-21)12-18(25)29-13-17(24)14-8-10-16(28-2)11-9-14/h3-11H,12-13H2,1-2H3,(H,22,27)/t21-/m1/s1. The summed E-state index contributed by atoms with van der Waals surface area (Å²) in [6.45, 7) is 0.495. The van der Waals surface area contributed by atoms with Gasteiger partial charge in [0.15, 0.2) is 12.4 Å². The van der Waals surface area contributed by atoms with Gasteiger partial charge in [-0.1, -0.05) is 30.3 Å². The molecule has 1 atom stereocenters. The number of amides is 3. The molecule has 1 heterocycles. The highest BCUT2D eigenvalue weighted by Gasteiger charge is 2.49. The van der Waals surface area contributed by atoms with Crippen molar-refractivity contribution in [1.82, 2.24) is 10.2 Å². The number of ether oxygens (including phenoxy) is 2. The minimum absolute atomic E-state index is 0.352. The van der Waals surface area contributed by atoms with Crippen molar-refractivity contribution in [3.05, 3.63) is 65.7 Å². The lowest BCUT2D eigenvalue weighted by Gasteiger charge is -2.21. The van der Waals surface area contributed by atoms with E-state index in [-0.39, 0.29) is 0 Å². The van der Waals surface area contributed by atoms with Crippen LogP contribution in [-0.4, -0.2) is 48.9 Å². The lowest BCUT2D eigenvalue weighted by atomic mass is 9.92. The number of rotatable bonds is 7. The zero-order valence-electron chi connectivity index (χ0n) is 16.0. The van der Waals surface area contributed by atoms with Gasteiger partial charge in [0.25, 0.3) is 5.91 Å². The van der Waals surface area contributed by atoms with Crippen LogP contribution in [0.5, 0.6) is 5.75 Å². The Labute approximate surface area is 167 Å². The monoisotopic (exact) mass is 396 g/mol. The fraction of sp³-hybridized carbons (Fsp3) is 0.238. The Morgan fingerprint density at radius 1 is 1.03 bits per heavy atom. The fourth-order valence-corrected chi connectivity index (χ4v) is 2.99. The summed E-state index contributed by atoms with van der Waals surface area (Å²) in [6.07, 6.45) is 0. The first-order chi connectivity index (χ1) is 13.8. The van der Waals surface area contributed by atoms with Gasteiger partial charge >= 0.3 is 12.0 Å². The van der Waals surface area contributed by atoms with Crippen LogP contribution >= 0.6 is 0 Å². The van der Waals surface area contributed by atoms with Gasteiger partial charge in [-0.15, -0.1) is 0 Å². The van der Waals surface area contributed by atoms with E-state index < -0.39 is 42.4 Å². The number of imide groups is 1. The largest absolute Gasteiger partial charge is 0.497 e. The molecule has 1 fully saturated rings. The van der Waals surface area contributed by atoms with Crippen LogP contribution in [-0.2, 0) is 19.9 Å². The van der Waals surface area contributed by atoms with E-state index in [4.69, 9.17) is 9.47 Å². The molecule has 0 aromatic heterocycles. The average Bonchev–Trinajstić information content (AvgIpc) is 2.96. The Hall–Kier alpha value is -3.68. The van der Waals surface area contributed by atoms with E-state index in [1.54, 1.807) is 61.5 Å². The summed E-state index contributed by atoms with van der Waals surface area (Å²) < 4.78 is 9.97. The second kappa shape index (κ2) is 8.14. The predicted molar refractivity (Wildman–Crippen MR) is 102 cm³/mol. The molecule has 2 aromatic carbocycles. The molecule has 0 unspecified atom stereocenters. The molecule has 1 saturated heterocycles. The normalized spacial score (nSPS) is 18.3. The van der Waals surface area contributed by atoms with Gasteiger partial charge in [-0.25, -0.2) is 4.79 Å². The third-order valence-corrected chi connectivity index (χ3v) is 4.69. The van der Waals surface area contributed by atoms with Crippen LogP contribution in [0.4, 0.5) is 4.79 Å². The number of Topliss-reactive ketones (excluding diaryl/α,β-unsaturated/α-hetero) is 1. The number of ketones is 1. The molecule has 2 aromatic rings. The first-order valence-corrected chi connectivity index (χ1v) is 8.87. The van der Waals surface area contributed by atoms with E-state index in [2.05, 4.69) is 5.32 Å². The molecule has 29 heavy (non-hydrogen) atoms. The van der Waals surface area contributed by atoms with Gasteiger partial charge in [-0.3, -0.25) is 19.3 Å². The van der Waals surface area contributed by atoms with Crippen molar-refractivity contribution in [2.75, 3.05) is 20.3 Å². The van der Waals surface area contributed by atoms with Crippen molar-refractivity contribution >= 4 is 23.7 Å². The number of carbonyl (C=O) groups excluding carboxylic acids is 4. The van der Waals surface area contributed by atoms with Crippen LogP contribution < -0.4 is 10.1 Å². The number of hydrogen-bond acceptors (Lipinski definition) is 6. The molecule has 1 N–H and O–H groups in total. The first-order valence-electron chi connectivity index (χ1n) is 8.87. The number of nitrogens with one attached hydrogen (secondary N) is 1. The smallest absolute Gasteiger partial charge is 0.326 e. The van der Waals surface area contributed by atoms with E-state index in [9.17, 15) is 19.2 Å². The number of nitrogens with zero attached hydrogens (tertiary/aromatic N) is 1. The van der Waals surface area contributed by atoms with Crippen LogP contribution in [0.15, 0.2) is 54.6 Å². The van der Waals surface area contributed by atoms with Crippen LogP contribution in [0, 0.1) is 0 Å². The van der Waals surface area contributed by atoms with Crippen molar-refractivity contribution in [2.45, 2.75) is 12.5 Å². The molecule has 0 spiro atoms. The van der Waals surface area contributed by atoms with Crippen molar-refractivity contribution in [2.24, 2.45) is 0 Å². The Kier molecular flexibility index (Phi) is 5.63. The highest BCUT2D eigenvalue weighted by molar-refractivity contribution is 6.09. The number of esters is 1. The first kappa shape index (κ1) is 20.1. The third-order valence-electron chi connectivity index (χ3n) is 4.69. The second-order valence-electron chi connectivity index (χ2n) is 6.62.